The minimum Gasteiger partial charge on any atom is -0.480 e. The fourth-order valence-corrected chi connectivity index (χ4v) is 3.67. The maximum atomic E-state index is 12.6. The molecule has 0 bridgehead atoms. The van der Waals surface area contributed by atoms with Crippen molar-refractivity contribution in [1.29, 1.82) is 15.8 Å². The lowest BCUT2D eigenvalue weighted by Gasteiger charge is -2.21. The predicted molar refractivity (Wildman–Crippen MR) is 121 cm³/mol. The van der Waals surface area contributed by atoms with Gasteiger partial charge in [-0.2, -0.15) is 15.8 Å². The number of fused-ring (bicyclic) bond motifs is 1. The van der Waals surface area contributed by atoms with E-state index in [1.165, 1.54) is 0 Å². The molecule has 0 radical (unpaired) electrons. The normalized spacial score (nSPS) is 14.7. The van der Waals surface area contributed by atoms with Crippen LogP contribution in [-0.4, -0.2) is 18.7 Å². The standard InChI is InChI=1S/C25H22N4O3/c1-5-29(6-2)19-9-7-16-11-17(24(30)31-22(16)12-19)8-10-21-20(15-28)23(18(13-26)14-27)32-25(21,3)4/h7-12H,5-6H2,1-4H3/b10-8+. The fraction of sp³-hybridized carbons (Fsp3) is 0.280. The van der Waals surface area contributed by atoms with Crippen molar-refractivity contribution in [2.24, 2.45) is 0 Å². The molecule has 0 fully saturated rings. The number of hydrogen-bond donors (Lipinski definition) is 0. The van der Waals surface area contributed by atoms with E-state index >= 15 is 0 Å². The van der Waals surface area contributed by atoms with Gasteiger partial charge in [0.05, 0.1) is 5.56 Å². The molecular formula is C25H22N4O3. The number of ether oxygens (including phenoxy) is 1. The summed E-state index contributed by atoms with van der Waals surface area (Å²) in [6.07, 6.45) is 3.16. The van der Waals surface area contributed by atoms with Gasteiger partial charge >= 0.3 is 5.63 Å². The summed E-state index contributed by atoms with van der Waals surface area (Å²) in [6.45, 7) is 9.26. The molecular weight excluding hydrogens is 404 g/mol. The van der Waals surface area contributed by atoms with Crippen LogP contribution in [0.25, 0.3) is 17.0 Å². The van der Waals surface area contributed by atoms with E-state index in [0.29, 0.717) is 16.7 Å². The van der Waals surface area contributed by atoms with E-state index in [2.05, 4.69) is 18.7 Å². The Bertz CT molecular complexity index is 1330. The average Bonchev–Trinajstić information content (AvgIpc) is 3.03. The van der Waals surface area contributed by atoms with Gasteiger partial charge in [-0.1, -0.05) is 6.08 Å². The Labute approximate surface area is 186 Å². The molecule has 7 heteroatoms. The van der Waals surface area contributed by atoms with Crippen LogP contribution in [0, 0.1) is 34.0 Å². The van der Waals surface area contributed by atoms with Gasteiger partial charge < -0.3 is 14.1 Å². The fourth-order valence-electron chi connectivity index (χ4n) is 3.67. The molecule has 160 valence electrons. The van der Waals surface area contributed by atoms with Crippen LogP contribution >= 0.6 is 0 Å². The molecule has 2 heterocycles. The second-order valence-electron chi connectivity index (χ2n) is 7.66. The molecule has 3 rings (SSSR count). The van der Waals surface area contributed by atoms with E-state index in [1.807, 2.05) is 24.3 Å². The third kappa shape index (κ3) is 4.00. The Hall–Kier alpha value is -4.28. The zero-order valence-corrected chi connectivity index (χ0v) is 18.4. The largest absolute Gasteiger partial charge is 0.480 e. The first-order chi connectivity index (χ1) is 15.3. The van der Waals surface area contributed by atoms with Gasteiger partial charge in [-0.3, -0.25) is 0 Å². The van der Waals surface area contributed by atoms with Crippen LogP contribution in [-0.2, 0) is 4.74 Å². The zero-order valence-electron chi connectivity index (χ0n) is 18.4. The van der Waals surface area contributed by atoms with Gasteiger partial charge in [0.1, 0.15) is 35.0 Å². The third-order valence-corrected chi connectivity index (χ3v) is 5.37. The first-order valence-corrected chi connectivity index (χ1v) is 10.2. The van der Waals surface area contributed by atoms with Gasteiger partial charge in [0.25, 0.3) is 0 Å². The van der Waals surface area contributed by atoms with Crippen LogP contribution in [0.5, 0.6) is 0 Å². The van der Waals surface area contributed by atoms with Crippen molar-refractivity contribution in [2.45, 2.75) is 33.3 Å². The molecule has 0 saturated carbocycles. The first kappa shape index (κ1) is 22.4. The molecule has 0 N–H and O–H groups in total. The van der Waals surface area contributed by atoms with Gasteiger partial charge in [-0.15, -0.1) is 0 Å². The highest BCUT2D eigenvalue weighted by Gasteiger charge is 2.38. The summed E-state index contributed by atoms with van der Waals surface area (Å²) in [5.41, 5.74) is 0.619. The van der Waals surface area contributed by atoms with Crippen molar-refractivity contribution in [2.75, 3.05) is 18.0 Å². The Morgan fingerprint density at radius 3 is 2.38 bits per heavy atom. The monoisotopic (exact) mass is 426 g/mol. The Morgan fingerprint density at radius 2 is 1.78 bits per heavy atom. The average molecular weight is 426 g/mol. The molecule has 1 aliphatic rings. The van der Waals surface area contributed by atoms with Crippen LogP contribution in [0.15, 0.2) is 62.0 Å². The number of allylic oxidation sites excluding steroid dienone is 2. The lowest BCUT2D eigenvalue weighted by molar-refractivity contribution is 0.0954. The maximum absolute atomic E-state index is 12.6. The van der Waals surface area contributed by atoms with Gasteiger partial charge in [0.2, 0.25) is 0 Å². The number of benzene rings is 1. The third-order valence-electron chi connectivity index (χ3n) is 5.37. The van der Waals surface area contributed by atoms with Crippen LogP contribution in [0.4, 0.5) is 5.69 Å². The van der Waals surface area contributed by atoms with Crippen LogP contribution in [0.1, 0.15) is 33.3 Å². The molecule has 32 heavy (non-hydrogen) atoms. The SMILES string of the molecule is CCN(CC)c1ccc2cc(/C=C/C3=C(C#N)C(=C(C#N)C#N)OC3(C)C)c(=O)oc2c1. The summed E-state index contributed by atoms with van der Waals surface area (Å²) in [6, 6.07) is 13.0. The number of nitrogens with zero attached hydrogens (tertiary/aromatic N) is 4. The lowest BCUT2D eigenvalue weighted by atomic mass is 9.94. The number of nitriles is 3. The summed E-state index contributed by atoms with van der Waals surface area (Å²) in [4.78, 5) is 14.8. The summed E-state index contributed by atoms with van der Waals surface area (Å²) in [5.74, 6) is -0.0448. The topological polar surface area (TPSA) is 114 Å². The minimum absolute atomic E-state index is 0.0448. The molecule has 1 aromatic carbocycles. The highest BCUT2D eigenvalue weighted by molar-refractivity contribution is 5.82. The molecule has 0 spiro atoms. The van der Waals surface area contributed by atoms with Crippen molar-refractivity contribution < 1.29 is 9.15 Å². The van der Waals surface area contributed by atoms with Crippen molar-refractivity contribution >= 4 is 22.7 Å². The Morgan fingerprint density at radius 1 is 1.09 bits per heavy atom. The second kappa shape index (κ2) is 8.84. The summed E-state index contributed by atoms with van der Waals surface area (Å²) >= 11 is 0. The summed E-state index contributed by atoms with van der Waals surface area (Å²) in [7, 11) is 0. The van der Waals surface area contributed by atoms with Gasteiger partial charge in [-0.05, 0) is 52.0 Å². The van der Waals surface area contributed by atoms with E-state index in [9.17, 15) is 10.1 Å². The first-order valence-electron chi connectivity index (χ1n) is 10.2. The molecule has 1 aromatic heterocycles. The smallest absolute Gasteiger partial charge is 0.343 e. The van der Waals surface area contributed by atoms with E-state index in [1.54, 1.807) is 44.2 Å². The molecule has 2 aromatic rings. The van der Waals surface area contributed by atoms with Crippen LogP contribution in [0.2, 0.25) is 0 Å². The van der Waals surface area contributed by atoms with Gasteiger partial charge in [0.15, 0.2) is 11.3 Å². The van der Waals surface area contributed by atoms with E-state index in [0.717, 1.165) is 24.2 Å². The number of hydrogen-bond acceptors (Lipinski definition) is 7. The number of rotatable bonds is 5. The summed E-state index contributed by atoms with van der Waals surface area (Å²) in [5, 5.41) is 28.7. The Balaban J connectivity index is 2.08. The van der Waals surface area contributed by atoms with E-state index in [4.69, 9.17) is 19.7 Å². The Kier molecular flexibility index (Phi) is 6.19. The van der Waals surface area contributed by atoms with Crippen molar-refractivity contribution in [1.82, 2.24) is 0 Å². The highest BCUT2D eigenvalue weighted by Crippen LogP contribution is 2.40. The quantitative estimate of drug-likeness (QED) is 0.507. The van der Waals surface area contributed by atoms with Crippen molar-refractivity contribution in [3.05, 3.63) is 68.8 Å². The molecule has 0 amide bonds. The molecule has 0 unspecified atom stereocenters. The molecule has 0 atom stereocenters. The van der Waals surface area contributed by atoms with Crippen LogP contribution in [0.3, 0.4) is 0 Å². The van der Waals surface area contributed by atoms with Crippen molar-refractivity contribution in [3.63, 3.8) is 0 Å². The minimum atomic E-state index is -0.953. The zero-order chi connectivity index (χ0) is 23.5. The molecule has 0 saturated heterocycles. The van der Waals surface area contributed by atoms with E-state index < -0.39 is 11.2 Å². The van der Waals surface area contributed by atoms with E-state index in [-0.39, 0.29) is 16.9 Å². The van der Waals surface area contributed by atoms with Crippen molar-refractivity contribution in [3.8, 4) is 18.2 Å². The second-order valence-corrected chi connectivity index (χ2v) is 7.66. The lowest BCUT2D eigenvalue weighted by Crippen LogP contribution is -2.21. The molecule has 1 aliphatic heterocycles. The van der Waals surface area contributed by atoms with Gasteiger partial charge in [0, 0.05) is 35.8 Å². The maximum Gasteiger partial charge on any atom is 0.343 e. The molecule has 0 aliphatic carbocycles. The number of anilines is 1. The van der Waals surface area contributed by atoms with Gasteiger partial charge in [-0.25, -0.2) is 4.79 Å². The highest BCUT2D eigenvalue weighted by atomic mass is 16.5. The van der Waals surface area contributed by atoms with Crippen LogP contribution < -0.4 is 10.5 Å². The predicted octanol–water partition coefficient (Wildman–Crippen LogP) is 4.58. The summed E-state index contributed by atoms with van der Waals surface area (Å²) < 4.78 is 11.3. The molecule has 7 nitrogen and oxygen atoms in total.